The van der Waals surface area contributed by atoms with Gasteiger partial charge in [0.25, 0.3) is 0 Å². The number of nitrogens with one attached hydrogen (secondary N) is 1. The van der Waals surface area contributed by atoms with Gasteiger partial charge in [0.1, 0.15) is 21.6 Å². The predicted molar refractivity (Wildman–Crippen MR) is 126 cm³/mol. The van der Waals surface area contributed by atoms with Crippen LogP contribution in [0.4, 0.5) is 5.82 Å². The van der Waals surface area contributed by atoms with Gasteiger partial charge in [-0.15, -0.1) is 11.3 Å². The Morgan fingerprint density at radius 3 is 2.22 bits per heavy atom. The highest BCUT2D eigenvalue weighted by atomic mass is 32.1. The number of ether oxygens (including phenoxy) is 3. The lowest BCUT2D eigenvalue weighted by molar-refractivity contribution is 0.324. The topological polar surface area (TPSA) is 92.5 Å². The Labute approximate surface area is 191 Å². The standard InChI is InChI=1S/C23H27N5O3S/c1-12-10-28(11-13(2)25-12)22-19-14(3)18(9-24)32-23(19)27-21(26-22)15-7-16(29-4)20(31-6)17(8-15)30-5/h7-8,12-13,25H,10-11H2,1-6H3. The summed E-state index contributed by atoms with van der Waals surface area (Å²) in [4.78, 5) is 13.6. The molecule has 2 unspecified atom stereocenters. The second kappa shape index (κ2) is 8.81. The molecule has 1 fully saturated rings. The van der Waals surface area contributed by atoms with Crippen molar-refractivity contribution >= 4 is 27.4 Å². The Balaban J connectivity index is 1.95. The van der Waals surface area contributed by atoms with E-state index in [1.165, 1.54) is 11.3 Å². The van der Waals surface area contributed by atoms with Crippen molar-refractivity contribution in [3.8, 4) is 34.7 Å². The van der Waals surface area contributed by atoms with Crippen LogP contribution in [0.15, 0.2) is 12.1 Å². The molecule has 0 amide bonds. The Hall–Kier alpha value is -3.09. The van der Waals surface area contributed by atoms with Crippen LogP contribution in [0, 0.1) is 18.3 Å². The number of benzene rings is 1. The molecule has 1 aliphatic rings. The number of aromatic nitrogens is 2. The summed E-state index contributed by atoms with van der Waals surface area (Å²) in [7, 11) is 4.75. The molecule has 3 heterocycles. The van der Waals surface area contributed by atoms with Gasteiger partial charge in [-0.25, -0.2) is 9.97 Å². The van der Waals surface area contributed by atoms with Crippen molar-refractivity contribution < 1.29 is 14.2 Å². The molecule has 1 aliphatic heterocycles. The smallest absolute Gasteiger partial charge is 0.203 e. The van der Waals surface area contributed by atoms with Crippen molar-refractivity contribution in [2.75, 3.05) is 39.3 Å². The van der Waals surface area contributed by atoms with E-state index in [-0.39, 0.29) is 0 Å². The molecule has 2 atom stereocenters. The molecule has 1 aromatic carbocycles. The van der Waals surface area contributed by atoms with Crippen LogP contribution in [0.3, 0.4) is 0 Å². The summed E-state index contributed by atoms with van der Waals surface area (Å²) in [5.74, 6) is 3.00. The normalized spacial score (nSPS) is 18.5. The second-order valence-electron chi connectivity index (χ2n) is 8.01. The maximum absolute atomic E-state index is 9.63. The van der Waals surface area contributed by atoms with Crippen molar-refractivity contribution in [2.24, 2.45) is 0 Å². The van der Waals surface area contributed by atoms with E-state index in [1.54, 1.807) is 21.3 Å². The summed E-state index contributed by atoms with van der Waals surface area (Å²) in [6.45, 7) is 7.95. The van der Waals surface area contributed by atoms with Gasteiger partial charge in [-0.1, -0.05) is 0 Å². The van der Waals surface area contributed by atoms with Crippen molar-refractivity contribution in [3.63, 3.8) is 0 Å². The van der Waals surface area contributed by atoms with Crippen LogP contribution < -0.4 is 24.4 Å². The molecular weight excluding hydrogens is 426 g/mol. The molecule has 2 aromatic heterocycles. The first-order valence-corrected chi connectivity index (χ1v) is 11.2. The minimum absolute atomic E-state index is 0.322. The maximum Gasteiger partial charge on any atom is 0.203 e. The zero-order valence-corrected chi connectivity index (χ0v) is 20.0. The van der Waals surface area contributed by atoms with Crippen LogP contribution in [0.5, 0.6) is 17.2 Å². The molecule has 0 aliphatic carbocycles. The molecule has 8 nitrogen and oxygen atoms in total. The van der Waals surface area contributed by atoms with Crippen molar-refractivity contribution in [3.05, 3.63) is 22.6 Å². The summed E-state index contributed by atoms with van der Waals surface area (Å²) < 4.78 is 16.5. The highest BCUT2D eigenvalue weighted by Crippen LogP contribution is 2.42. The third kappa shape index (κ3) is 3.80. The van der Waals surface area contributed by atoms with E-state index in [4.69, 9.17) is 24.2 Å². The Bertz CT molecular complexity index is 1170. The third-order valence-corrected chi connectivity index (χ3v) is 6.74. The summed E-state index contributed by atoms with van der Waals surface area (Å²) in [6.07, 6.45) is 0. The van der Waals surface area contributed by atoms with E-state index in [1.807, 2.05) is 19.1 Å². The van der Waals surface area contributed by atoms with Gasteiger partial charge in [-0.2, -0.15) is 5.26 Å². The number of methoxy groups -OCH3 is 3. The van der Waals surface area contributed by atoms with Crippen LogP contribution in [0.25, 0.3) is 21.6 Å². The van der Waals surface area contributed by atoms with E-state index in [0.29, 0.717) is 40.0 Å². The van der Waals surface area contributed by atoms with Crippen LogP contribution in [0.2, 0.25) is 0 Å². The number of hydrogen-bond donors (Lipinski definition) is 1. The summed E-state index contributed by atoms with van der Waals surface area (Å²) in [6, 6.07) is 6.65. The molecule has 1 N–H and O–H groups in total. The fourth-order valence-electron chi connectivity index (χ4n) is 4.29. The van der Waals surface area contributed by atoms with Crippen molar-refractivity contribution in [1.29, 1.82) is 5.26 Å². The Morgan fingerprint density at radius 1 is 1.06 bits per heavy atom. The minimum atomic E-state index is 0.322. The molecule has 0 saturated carbocycles. The lowest BCUT2D eigenvalue weighted by atomic mass is 10.1. The first kappa shape index (κ1) is 22.1. The van der Waals surface area contributed by atoms with Crippen LogP contribution >= 0.6 is 11.3 Å². The van der Waals surface area contributed by atoms with E-state index < -0.39 is 0 Å². The van der Waals surface area contributed by atoms with Crippen LogP contribution in [-0.2, 0) is 0 Å². The lowest BCUT2D eigenvalue weighted by Gasteiger charge is -2.37. The van der Waals surface area contributed by atoms with Crippen molar-refractivity contribution in [2.45, 2.75) is 32.9 Å². The number of fused-ring (bicyclic) bond motifs is 1. The third-order valence-electron chi connectivity index (χ3n) is 5.65. The minimum Gasteiger partial charge on any atom is -0.493 e. The number of rotatable bonds is 5. The highest BCUT2D eigenvalue weighted by Gasteiger charge is 2.27. The van der Waals surface area contributed by atoms with Gasteiger partial charge in [0.2, 0.25) is 5.75 Å². The average molecular weight is 454 g/mol. The number of anilines is 1. The van der Waals surface area contributed by atoms with Gasteiger partial charge in [0.15, 0.2) is 17.3 Å². The highest BCUT2D eigenvalue weighted by molar-refractivity contribution is 7.19. The molecule has 1 saturated heterocycles. The molecule has 9 heteroatoms. The molecule has 0 spiro atoms. The maximum atomic E-state index is 9.63. The number of thiophene rings is 1. The Kier molecular flexibility index (Phi) is 6.09. The zero-order valence-electron chi connectivity index (χ0n) is 19.1. The van der Waals surface area contributed by atoms with Gasteiger partial charge in [-0.05, 0) is 38.5 Å². The fourth-order valence-corrected chi connectivity index (χ4v) is 5.26. The largest absolute Gasteiger partial charge is 0.493 e. The number of nitriles is 1. The number of nitrogens with zero attached hydrogens (tertiary/aromatic N) is 4. The molecular formula is C23H27N5O3S. The molecule has 32 heavy (non-hydrogen) atoms. The monoisotopic (exact) mass is 453 g/mol. The van der Waals surface area contributed by atoms with Gasteiger partial charge in [0, 0.05) is 30.7 Å². The lowest BCUT2D eigenvalue weighted by Crippen LogP contribution is -2.54. The summed E-state index contributed by atoms with van der Waals surface area (Å²) >= 11 is 1.40. The second-order valence-corrected chi connectivity index (χ2v) is 9.01. The van der Waals surface area contributed by atoms with Crippen LogP contribution in [0.1, 0.15) is 24.3 Å². The number of piperazine rings is 1. The fraction of sp³-hybridized carbons (Fsp3) is 0.435. The Morgan fingerprint density at radius 2 is 1.69 bits per heavy atom. The van der Waals surface area contributed by atoms with Gasteiger partial charge < -0.3 is 24.4 Å². The van der Waals surface area contributed by atoms with Crippen LogP contribution in [-0.4, -0.2) is 56.5 Å². The number of hydrogen-bond acceptors (Lipinski definition) is 9. The summed E-state index contributed by atoms with van der Waals surface area (Å²) in [5, 5.41) is 14.1. The van der Waals surface area contributed by atoms with E-state index in [0.717, 1.165) is 40.3 Å². The predicted octanol–water partition coefficient (Wildman–Crippen LogP) is 3.75. The van der Waals surface area contributed by atoms with Crippen molar-refractivity contribution in [1.82, 2.24) is 15.3 Å². The van der Waals surface area contributed by atoms with E-state index in [9.17, 15) is 5.26 Å². The van der Waals surface area contributed by atoms with Gasteiger partial charge in [-0.3, -0.25) is 0 Å². The first-order chi connectivity index (χ1) is 15.4. The molecule has 168 valence electrons. The van der Waals surface area contributed by atoms with E-state index in [2.05, 4.69) is 30.1 Å². The average Bonchev–Trinajstić information content (AvgIpc) is 3.12. The molecule has 4 rings (SSSR count). The summed E-state index contributed by atoms with van der Waals surface area (Å²) in [5.41, 5.74) is 1.68. The zero-order chi connectivity index (χ0) is 23.0. The van der Waals surface area contributed by atoms with E-state index >= 15 is 0 Å². The van der Waals surface area contributed by atoms with Gasteiger partial charge >= 0.3 is 0 Å². The first-order valence-electron chi connectivity index (χ1n) is 10.4. The molecule has 0 radical (unpaired) electrons. The van der Waals surface area contributed by atoms with Gasteiger partial charge in [0.05, 0.1) is 26.7 Å². The number of aryl methyl sites for hydroxylation is 1. The SMILES string of the molecule is COc1cc(-c2nc(N3CC(C)NC(C)C3)c3c(C)c(C#N)sc3n2)cc(OC)c1OC. The quantitative estimate of drug-likeness (QED) is 0.624. The molecule has 0 bridgehead atoms. The molecule has 3 aromatic rings.